The number of hydrogen-bond donors (Lipinski definition) is 1. The van der Waals surface area contributed by atoms with Crippen molar-refractivity contribution >= 4 is 5.78 Å². The van der Waals surface area contributed by atoms with E-state index in [4.69, 9.17) is 9.47 Å². The lowest BCUT2D eigenvalue weighted by Gasteiger charge is -2.63. The Labute approximate surface area is 151 Å². The van der Waals surface area contributed by atoms with E-state index in [0.29, 0.717) is 13.0 Å². The first-order valence-corrected chi connectivity index (χ1v) is 9.80. The van der Waals surface area contributed by atoms with Gasteiger partial charge in [0.25, 0.3) is 0 Å². The quantitative estimate of drug-likeness (QED) is 0.679. The Balaban J connectivity index is 1.81. The van der Waals surface area contributed by atoms with E-state index >= 15 is 0 Å². The lowest BCUT2D eigenvalue weighted by molar-refractivity contribution is -0.228. The molecule has 4 fully saturated rings. The summed E-state index contributed by atoms with van der Waals surface area (Å²) in [6, 6.07) is 0. The molecular weight excluding hydrogens is 316 g/mol. The van der Waals surface area contributed by atoms with Crippen LogP contribution in [0.15, 0.2) is 12.2 Å². The van der Waals surface area contributed by atoms with Gasteiger partial charge in [-0.15, -0.1) is 0 Å². The molecule has 4 rings (SSSR count). The van der Waals surface area contributed by atoms with Gasteiger partial charge in [0.2, 0.25) is 0 Å². The SMILES string of the molecule is C=C1C(=O)C(C)C2(CCC3(COC(O)C3)O2)C2(C)CCCC(C)(C)C12. The Bertz CT molecular complexity index is 625. The lowest BCUT2D eigenvalue weighted by atomic mass is 9.43. The molecule has 140 valence electrons. The summed E-state index contributed by atoms with van der Waals surface area (Å²) in [6.07, 6.45) is 4.84. The van der Waals surface area contributed by atoms with Gasteiger partial charge in [0.1, 0.15) is 0 Å². The van der Waals surface area contributed by atoms with Crippen LogP contribution in [0.3, 0.4) is 0 Å². The number of fused-ring (bicyclic) bond motifs is 2. The lowest BCUT2D eigenvalue weighted by Crippen LogP contribution is -2.66. The van der Waals surface area contributed by atoms with Gasteiger partial charge in [0, 0.05) is 23.7 Å². The highest BCUT2D eigenvalue weighted by Crippen LogP contribution is 2.68. The molecule has 2 spiro atoms. The molecule has 2 saturated carbocycles. The predicted octanol–water partition coefficient (Wildman–Crippen LogP) is 3.62. The minimum absolute atomic E-state index is 0.0533. The second-order valence-corrected chi connectivity index (χ2v) is 9.95. The van der Waals surface area contributed by atoms with Crippen LogP contribution >= 0.6 is 0 Å². The zero-order chi connectivity index (χ0) is 18.3. The van der Waals surface area contributed by atoms with Crippen molar-refractivity contribution in [3.05, 3.63) is 12.2 Å². The molecule has 0 aromatic carbocycles. The summed E-state index contributed by atoms with van der Waals surface area (Å²) in [5, 5.41) is 9.90. The van der Waals surface area contributed by atoms with Gasteiger partial charge in [-0.25, -0.2) is 0 Å². The summed E-state index contributed by atoms with van der Waals surface area (Å²) in [7, 11) is 0. The average molecular weight is 348 g/mol. The van der Waals surface area contributed by atoms with Crippen molar-refractivity contribution in [2.45, 2.75) is 83.7 Å². The van der Waals surface area contributed by atoms with Crippen LogP contribution < -0.4 is 0 Å². The molecule has 0 aromatic heterocycles. The standard InChI is InChI=1S/C21H32O4/c1-13-16(23)14(2)21(10-9-20(25-21)11-15(22)24-12-20)19(5)8-6-7-18(3,4)17(13)19/h14-15,17,22H,1,6-12H2,2-5H3. The number of ketones is 1. The van der Waals surface area contributed by atoms with Crippen molar-refractivity contribution in [2.75, 3.05) is 6.61 Å². The van der Waals surface area contributed by atoms with Gasteiger partial charge in [-0.1, -0.05) is 40.7 Å². The number of hydrogen-bond acceptors (Lipinski definition) is 4. The Kier molecular flexibility index (Phi) is 3.66. The molecule has 2 aliphatic carbocycles. The molecule has 2 aliphatic heterocycles. The molecule has 0 bridgehead atoms. The topological polar surface area (TPSA) is 55.8 Å². The highest BCUT2D eigenvalue weighted by molar-refractivity contribution is 5.99. The number of carbonyl (C=O) groups excluding carboxylic acids is 1. The molecule has 25 heavy (non-hydrogen) atoms. The maximum absolute atomic E-state index is 13.2. The average Bonchev–Trinajstić information content (AvgIpc) is 3.08. The monoisotopic (exact) mass is 348 g/mol. The van der Waals surface area contributed by atoms with Gasteiger partial charge in [-0.3, -0.25) is 4.79 Å². The van der Waals surface area contributed by atoms with Crippen molar-refractivity contribution in [3.63, 3.8) is 0 Å². The largest absolute Gasteiger partial charge is 0.368 e. The Hall–Kier alpha value is -0.710. The van der Waals surface area contributed by atoms with E-state index in [1.807, 2.05) is 6.92 Å². The van der Waals surface area contributed by atoms with Gasteiger partial charge >= 0.3 is 0 Å². The molecule has 0 aromatic rings. The van der Waals surface area contributed by atoms with E-state index in [9.17, 15) is 9.90 Å². The van der Waals surface area contributed by atoms with Crippen LogP contribution in [-0.2, 0) is 14.3 Å². The molecule has 6 atom stereocenters. The van der Waals surface area contributed by atoms with Crippen molar-refractivity contribution in [1.82, 2.24) is 0 Å². The van der Waals surface area contributed by atoms with Crippen molar-refractivity contribution in [1.29, 1.82) is 0 Å². The van der Waals surface area contributed by atoms with Gasteiger partial charge in [0.05, 0.1) is 17.8 Å². The molecule has 4 nitrogen and oxygen atoms in total. The van der Waals surface area contributed by atoms with Crippen LogP contribution in [0.25, 0.3) is 0 Å². The fraction of sp³-hybridized carbons (Fsp3) is 0.857. The van der Waals surface area contributed by atoms with Crippen LogP contribution in [0.4, 0.5) is 0 Å². The van der Waals surface area contributed by atoms with Crippen molar-refractivity contribution in [3.8, 4) is 0 Å². The highest BCUT2D eigenvalue weighted by atomic mass is 16.6. The van der Waals surface area contributed by atoms with Gasteiger partial charge in [-0.2, -0.15) is 0 Å². The number of aliphatic hydroxyl groups excluding tert-OH is 1. The van der Waals surface area contributed by atoms with E-state index in [0.717, 1.165) is 37.7 Å². The Morgan fingerprint density at radius 1 is 1.16 bits per heavy atom. The molecule has 2 saturated heterocycles. The van der Waals surface area contributed by atoms with Crippen LogP contribution in [0.1, 0.15) is 66.2 Å². The van der Waals surface area contributed by atoms with E-state index in [-0.39, 0.29) is 28.4 Å². The van der Waals surface area contributed by atoms with Crippen LogP contribution in [-0.4, -0.2) is 35.0 Å². The van der Waals surface area contributed by atoms with Crippen LogP contribution in [0.5, 0.6) is 0 Å². The third kappa shape index (κ3) is 2.14. The van der Waals surface area contributed by atoms with E-state index < -0.39 is 17.5 Å². The number of ether oxygens (including phenoxy) is 2. The van der Waals surface area contributed by atoms with E-state index in [2.05, 4.69) is 27.4 Å². The normalized spacial score (nSPS) is 52.1. The first kappa shape index (κ1) is 17.7. The number of Topliss-reactive ketones (excluding diaryl/α,β-unsaturated/α-hetero) is 1. The maximum Gasteiger partial charge on any atom is 0.164 e. The third-order valence-corrected chi connectivity index (χ3v) is 8.10. The summed E-state index contributed by atoms with van der Waals surface area (Å²) >= 11 is 0. The summed E-state index contributed by atoms with van der Waals surface area (Å²) in [5.74, 6) is 0.140. The first-order valence-electron chi connectivity index (χ1n) is 9.80. The fourth-order valence-corrected chi connectivity index (χ4v) is 7.04. The molecule has 2 heterocycles. The molecule has 0 amide bonds. The first-order chi connectivity index (χ1) is 11.6. The van der Waals surface area contributed by atoms with Crippen molar-refractivity contribution in [2.24, 2.45) is 22.7 Å². The fourth-order valence-electron chi connectivity index (χ4n) is 7.04. The highest BCUT2D eigenvalue weighted by Gasteiger charge is 2.70. The van der Waals surface area contributed by atoms with Crippen LogP contribution in [0, 0.1) is 22.7 Å². The third-order valence-electron chi connectivity index (χ3n) is 8.10. The number of aliphatic hydroxyl groups is 1. The molecular formula is C21H32O4. The Morgan fingerprint density at radius 3 is 2.52 bits per heavy atom. The zero-order valence-electron chi connectivity index (χ0n) is 16.1. The number of carbonyl (C=O) groups is 1. The van der Waals surface area contributed by atoms with Gasteiger partial charge < -0.3 is 14.6 Å². The molecule has 1 N–H and O–H groups in total. The Morgan fingerprint density at radius 2 is 1.88 bits per heavy atom. The second kappa shape index (κ2) is 5.17. The second-order valence-electron chi connectivity index (χ2n) is 9.95. The summed E-state index contributed by atoms with van der Waals surface area (Å²) in [4.78, 5) is 13.2. The van der Waals surface area contributed by atoms with Crippen LogP contribution in [0.2, 0.25) is 0 Å². The smallest absolute Gasteiger partial charge is 0.164 e. The molecule has 6 unspecified atom stereocenters. The van der Waals surface area contributed by atoms with E-state index in [1.165, 1.54) is 0 Å². The molecule has 4 aliphatic rings. The summed E-state index contributed by atoms with van der Waals surface area (Å²) in [5.41, 5.74) is -0.144. The maximum atomic E-state index is 13.2. The minimum Gasteiger partial charge on any atom is -0.368 e. The molecule has 0 radical (unpaired) electrons. The van der Waals surface area contributed by atoms with Gasteiger partial charge in [0.15, 0.2) is 12.1 Å². The zero-order valence-corrected chi connectivity index (χ0v) is 16.1. The number of rotatable bonds is 0. The molecule has 4 heteroatoms. The number of allylic oxidation sites excluding steroid dienone is 1. The predicted molar refractivity (Wildman–Crippen MR) is 94.9 cm³/mol. The van der Waals surface area contributed by atoms with Crippen molar-refractivity contribution < 1.29 is 19.4 Å². The minimum atomic E-state index is -0.744. The van der Waals surface area contributed by atoms with E-state index in [1.54, 1.807) is 0 Å². The summed E-state index contributed by atoms with van der Waals surface area (Å²) in [6.45, 7) is 13.6. The summed E-state index contributed by atoms with van der Waals surface area (Å²) < 4.78 is 12.3. The van der Waals surface area contributed by atoms with Gasteiger partial charge in [-0.05, 0) is 36.7 Å².